The van der Waals surface area contributed by atoms with Gasteiger partial charge in [-0.3, -0.25) is 4.79 Å². The summed E-state index contributed by atoms with van der Waals surface area (Å²) in [7, 11) is 0. The van der Waals surface area contributed by atoms with E-state index in [0.29, 0.717) is 6.42 Å². The average molecular weight is 192 g/mol. The van der Waals surface area contributed by atoms with Crippen LogP contribution in [0.15, 0.2) is 24.3 Å². The van der Waals surface area contributed by atoms with Gasteiger partial charge in [0.1, 0.15) is 0 Å². The summed E-state index contributed by atoms with van der Waals surface area (Å²) < 4.78 is 0. The fraction of sp³-hybridized carbons (Fsp3) is 0.417. The van der Waals surface area contributed by atoms with Crippen molar-refractivity contribution in [3.8, 4) is 0 Å². The summed E-state index contributed by atoms with van der Waals surface area (Å²) in [5, 5.41) is 8.81. The molecule has 0 aliphatic heterocycles. The minimum absolute atomic E-state index is 0.303. The Hall–Kier alpha value is -1.31. The lowest BCUT2D eigenvalue weighted by molar-refractivity contribution is -0.141. The molecule has 1 aromatic carbocycles. The number of benzene rings is 1. The molecule has 1 atom stereocenters. The number of carboxylic acids is 1. The lowest BCUT2D eigenvalue weighted by Gasteiger charge is -2.10. The molecule has 1 rings (SSSR count). The number of hydrogen-bond acceptors (Lipinski definition) is 1. The van der Waals surface area contributed by atoms with Crippen LogP contribution in [0.1, 0.15) is 25.0 Å². The van der Waals surface area contributed by atoms with Gasteiger partial charge in [-0.05, 0) is 24.0 Å². The van der Waals surface area contributed by atoms with Crippen molar-refractivity contribution < 1.29 is 9.90 Å². The summed E-state index contributed by atoms with van der Waals surface area (Å²) in [6.07, 6.45) is 1.59. The number of aryl methyl sites for hydroxylation is 1. The molecule has 2 heteroatoms. The first-order chi connectivity index (χ1) is 6.65. The van der Waals surface area contributed by atoms with Gasteiger partial charge in [-0.2, -0.15) is 0 Å². The first-order valence-electron chi connectivity index (χ1n) is 4.94. The van der Waals surface area contributed by atoms with Crippen LogP contribution in [0.25, 0.3) is 0 Å². The number of carboxylic acid groups (broad SMARTS) is 1. The van der Waals surface area contributed by atoms with Gasteiger partial charge in [0.15, 0.2) is 0 Å². The second-order valence-corrected chi connectivity index (χ2v) is 3.57. The zero-order chi connectivity index (χ0) is 10.6. The highest BCUT2D eigenvalue weighted by Crippen LogP contribution is 2.14. The van der Waals surface area contributed by atoms with Crippen LogP contribution in [0.2, 0.25) is 0 Å². The quantitative estimate of drug-likeness (QED) is 0.795. The maximum Gasteiger partial charge on any atom is 0.306 e. The maximum atomic E-state index is 10.7. The molecule has 0 heterocycles. The summed E-state index contributed by atoms with van der Waals surface area (Å²) >= 11 is 0. The van der Waals surface area contributed by atoms with Crippen LogP contribution in [0, 0.1) is 5.92 Å². The van der Waals surface area contributed by atoms with Gasteiger partial charge < -0.3 is 5.11 Å². The van der Waals surface area contributed by atoms with Gasteiger partial charge in [-0.15, -0.1) is 0 Å². The third-order valence-electron chi connectivity index (χ3n) is 2.45. The summed E-state index contributed by atoms with van der Waals surface area (Å²) in [6, 6.07) is 8.03. The standard InChI is InChI=1S/C12H16O2/c1-3-10-6-4-5-7-11(10)8-9(2)12(13)14/h4-7,9H,3,8H2,1-2H3,(H,13,14)/t9-/m1/s1. The lowest BCUT2D eigenvalue weighted by Crippen LogP contribution is -2.13. The van der Waals surface area contributed by atoms with Crippen molar-refractivity contribution in [2.45, 2.75) is 26.7 Å². The number of carbonyl (C=O) groups is 1. The van der Waals surface area contributed by atoms with Crippen LogP contribution in [-0.2, 0) is 17.6 Å². The Morgan fingerprint density at radius 3 is 2.43 bits per heavy atom. The van der Waals surface area contributed by atoms with E-state index in [1.807, 2.05) is 18.2 Å². The molecule has 76 valence electrons. The molecule has 0 aliphatic rings. The average Bonchev–Trinajstić information content (AvgIpc) is 2.18. The zero-order valence-corrected chi connectivity index (χ0v) is 8.66. The first kappa shape index (κ1) is 10.8. The normalized spacial score (nSPS) is 12.4. The summed E-state index contributed by atoms with van der Waals surface area (Å²) in [5.41, 5.74) is 2.41. The van der Waals surface area contributed by atoms with Gasteiger partial charge >= 0.3 is 5.97 Å². The Morgan fingerprint density at radius 2 is 1.93 bits per heavy atom. The van der Waals surface area contributed by atoms with Crippen LogP contribution in [-0.4, -0.2) is 11.1 Å². The predicted molar refractivity (Wildman–Crippen MR) is 56.3 cm³/mol. The van der Waals surface area contributed by atoms with Crippen LogP contribution in [0.5, 0.6) is 0 Å². The van der Waals surface area contributed by atoms with E-state index in [-0.39, 0.29) is 5.92 Å². The molecule has 0 saturated heterocycles. The van der Waals surface area contributed by atoms with E-state index in [1.165, 1.54) is 5.56 Å². The molecule has 0 unspecified atom stereocenters. The van der Waals surface area contributed by atoms with Gasteiger partial charge in [-0.1, -0.05) is 38.1 Å². The third-order valence-corrected chi connectivity index (χ3v) is 2.45. The second-order valence-electron chi connectivity index (χ2n) is 3.57. The van der Waals surface area contributed by atoms with Gasteiger partial charge in [-0.25, -0.2) is 0 Å². The Balaban J connectivity index is 2.80. The number of rotatable bonds is 4. The molecule has 2 nitrogen and oxygen atoms in total. The summed E-state index contributed by atoms with van der Waals surface area (Å²) in [4.78, 5) is 10.7. The molecule has 0 amide bonds. The van der Waals surface area contributed by atoms with Crippen molar-refractivity contribution in [1.82, 2.24) is 0 Å². The van der Waals surface area contributed by atoms with Crippen molar-refractivity contribution in [1.29, 1.82) is 0 Å². The summed E-state index contributed by atoms with van der Waals surface area (Å²) in [6.45, 7) is 3.83. The molecule has 1 aromatic rings. The van der Waals surface area contributed by atoms with E-state index in [0.717, 1.165) is 12.0 Å². The first-order valence-corrected chi connectivity index (χ1v) is 4.94. The molecule has 0 aromatic heterocycles. The zero-order valence-electron chi connectivity index (χ0n) is 8.66. The molecule has 0 radical (unpaired) electrons. The molecule has 0 bridgehead atoms. The van der Waals surface area contributed by atoms with Gasteiger partial charge in [0.2, 0.25) is 0 Å². The third kappa shape index (κ3) is 2.59. The molecule has 0 saturated carbocycles. The van der Waals surface area contributed by atoms with Crippen molar-refractivity contribution in [2.24, 2.45) is 5.92 Å². The maximum absolute atomic E-state index is 10.7. The topological polar surface area (TPSA) is 37.3 Å². The van der Waals surface area contributed by atoms with E-state index >= 15 is 0 Å². The number of aliphatic carboxylic acids is 1. The monoisotopic (exact) mass is 192 g/mol. The van der Waals surface area contributed by atoms with Crippen LogP contribution in [0.3, 0.4) is 0 Å². The molecule has 0 aliphatic carbocycles. The Kier molecular flexibility index (Phi) is 3.69. The van der Waals surface area contributed by atoms with Gasteiger partial charge in [0.25, 0.3) is 0 Å². The Bertz CT molecular complexity index is 318. The van der Waals surface area contributed by atoms with Gasteiger partial charge in [0, 0.05) is 0 Å². The summed E-state index contributed by atoms with van der Waals surface area (Å²) in [5.74, 6) is -1.03. The van der Waals surface area contributed by atoms with E-state index in [2.05, 4.69) is 13.0 Å². The van der Waals surface area contributed by atoms with E-state index < -0.39 is 5.97 Å². The largest absolute Gasteiger partial charge is 0.481 e. The van der Waals surface area contributed by atoms with E-state index in [1.54, 1.807) is 6.92 Å². The lowest BCUT2D eigenvalue weighted by atomic mass is 9.96. The van der Waals surface area contributed by atoms with Crippen LogP contribution < -0.4 is 0 Å². The van der Waals surface area contributed by atoms with E-state index in [9.17, 15) is 4.79 Å². The fourth-order valence-corrected chi connectivity index (χ4v) is 1.52. The predicted octanol–water partition coefficient (Wildman–Crippen LogP) is 2.51. The highest BCUT2D eigenvalue weighted by atomic mass is 16.4. The fourth-order valence-electron chi connectivity index (χ4n) is 1.52. The highest BCUT2D eigenvalue weighted by molar-refractivity contribution is 5.70. The Labute approximate surface area is 84.6 Å². The minimum Gasteiger partial charge on any atom is -0.481 e. The van der Waals surface area contributed by atoms with Crippen molar-refractivity contribution in [3.63, 3.8) is 0 Å². The van der Waals surface area contributed by atoms with Crippen LogP contribution in [0.4, 0.5) is 0 Å². The van der Waals surface area contributed by atoms with E-state index in [4.69, 9.17) is 5.11 Å². The number of hydrogen-bond donors (Lipinski definition) is 1. The molecule has 0 fully saturated rings. The van der Waals surface area contributed by atoms with Crippen molar-refractivity contribution in [3.05, 3.63) is 35.4 Å². The SMILES string of the molecule is CCc1ccccc1C[C@@H](C)C(=O)O. The minimum atomic E-state index is -0.726. The van der Waals surface area contributed by atoms with Crippen LogP contribution >= 0.6 is 0 Å². The second kappa shape index (κ2) is 4.80. The molecule has 1 N–H and O–H groups in total. The molecule has 0 spiro atoms. The molecular weight excluding hydrogens is 176 g/mol. The van der Waals surface area contributed by atoms with Crippen molar-refractivity contribution in [2.75, 3.05) is 0 Å². The molecular formula is C12H16O2. The molecule has 14 heavy (non-hydrogen) atoms. The van der Waals surface area contributed by atoms with Crippen molar-refractivity contribution >= 4 is 5.97 Å². The smallest absolute Gasteiger partial charge is 0.306 e. The highest BCUT2D eigenvalue weighted by Gasteiger charge is 2.12. The van der Waals surface area contributed by atoms with Gasteiger partial charge in [0.05, 0.1) is 5.92 Å². The Morgan fingerprint density at radius 1 is 1.36 bits per heavy atom.